The van der Waals surface area contributed by atoms with Gasteiger partial charge >= 0.3 is 29.9 Å². The molecule has 5 rings (SSSR count). The molecule has 0 aliphatic carbocycles. The number of carboxylic acids is 1. The molecule has 17 nitrogen and oxygen atoms in total. The van der Waals surface area contributed by atoms with Crippen LogP contribution in [-0.2, 0) is 6.18 Å². The van der Waals surface area contributed by atoms with E-state index >= 15 is 0 Å². The molecule has 0 aliphatic heterocycles. The molecule has 3 aromatic carbocycles. The van der Waals surface area contributed by atoms with Crippen LogP contribution >= 0.6 is 11.6 Å². The van der Waals surface area contributed by atoms with Crippen LogP contribution in [0.15, 0.2) is 66.7 Å². The number of ether oxygens (including phenoxy) is 8. The van der Waals surface area contributed by atoms with E-state index in [0.29, 0.717) is 0 Å². The van der Waals surface area contributed by atoms with E-state index in [1.54, 1.807) is 6.92 Å². The number of hydrogen-bond donors (Lipinski definition) is 1. The standard InChI is InChI=1S/C19H18N4O8.C15H11ClF3NO4/c1-26-12-8-13(27-2)21-18(20-12)30-10-6-5-7-11(16(10)17(24)25)31-19-22-14(28-3)9-15(23-19)29-4;1-2-23-14-8-10(4-5-12(14)20(21)22)24-13-6-3-9(7-11(13)16)15(17,18)19/h5-9H,1-4H3,(H,24,25);3-8H,2H2,1H3. The maximum Gasteiger partial charge on any atom is 0.416 e. The molecule has 0 saturated heterocycles. The minimum Gasteiger partial charge on any atom is -0.487 e. The highest BCUT2D eigenvalue weighted by Gasteiger charge is 2.31. The summed E-state index contributed by atoms with van der Waals surface area (Å²) in [4.78, 5) is 38.4. The van der Waals surface area contributed by atoms with Gasteiger partial charge in [-0.25, -0.2) is 4.79 Å². The third-order valence-corrected chi connectivity index (χ3v) is 6.97. The largest absolute Gasteiger partial charge is 0.487 e. The van der Waals surface area contributed by atoms with Crippen LogP contribution in [0.5, 0.6) is 64.3 Å². The minimum atomic E-state index is -4.52. The summed E-state index contributed by atoms with van der Waals surface area (Å²) in [6, 6.07) is 13.3. The first-order valence-electron chi connectivity index (χ1n) is 15.3. The number of nitro groups is 1. The second-order valence-corrected chi connectivity index (χ2v) is 10.6. The molecule has 0 fully saturated rings. The highest BCUT2D eigenvalue weighted by molar-refractivity contribution is 6.32. The van der Waals surface area contributed by atoms with Crippen molar-refractivity contribution in [1.82, 2.24) is 19.9 Å². The number of hydrogen-bond acceptors (Lipinski definition) is 15. The van der Waals surface area contributed by atoms with E-state index in [2.05, 4.69) is 19.9 Å². The van der Waals surface area contributed by atoms with Gasteiger partial charge in [0.05, 0.1) is 62.7 Å². The fourth-order valence-corrected chi connectivity index (χ4v) is 4.45. The SMILES string of the molecule is CCOc1cc(Oc2ccc(C(F)(F)F)cc2Cl)ccc1[N+](=O)[O-].COc1cc(OC)nc(Oc2cccc(Oc3nc(OC)cc(OC)n3)c2C(=O)O)n1. The Labute approximate surface area is 314 Å². The molecule has 2 heterocycles. The monoisotopic (exact) mass is 791 g/mol. The molecule has 0 unspecified atom stereocenters. The summed E-state index contributed by atoms with van der Waals surface area (Å²) in [5.74, 6) is -0.701. The van der Waals surface area contributed by atoms with Crippen molar-refractivity contribution in [2.24, 2.45) is 0 Å². The van der Waals surface area contributed by atoms with Gasteiger partial charge in [0.15, 0.2) is 0 Å². The molecular formula is C34H29ClF3N5O12. The first-order valence-corrected chi connectivity index (χ1v) is 15.7. The average Bonchev–Trinajstić information content (AvgIpc) is 3.15. The van der Waals surface area contributed by atoms with Crippen molar-refractivity contribution in [2.45, 2.75) is 13.1 Å². The Bertz CT molecular complexity index is 2040. The van der Waals surface area contributed by atoms with Crippen LogP contribution in [0, 0.1) is 10.1 Å². The van der Waals surface area contributed by atoms with Gasteiger partial charge in [-0.3, -0.25) is 10.1 Å². The number of aromatic carboxylic acids is 1. The lowest BCUT2D eigenvalue weighted by molar-refractivity contribution is -0.385. The Hall–Kier alpha value is -6.83. The van der Waals surface area contributed by atoms with Crippen molar-refractivity contribution in [2.75, 3.05) is 35.0 Å². The zero-order valence-corrected chi connectivity index (χ0v) is 30.0. The van der Waals surface area contributed by atoms with Crippen molar-refractivity contribution >= 4 is 23.3 Å². The molecule has 290 valence electrons. The molecule has 0 bridgehead atoms. The van der Waals surface area contributed by atoms with Gasteiger partial charge in [0.1, 0.15) is 28.6 Å². The lowest BCUT2D eigenvalue weighted by Crippen LogP contribution is -2.06. The lowest BCUT2D eigenvalue weighted by atomic mass is 10.2. The van der Waals surface area contributed by atoms with Gasteiger partial charge in [0.25, 0.3) is 0 Å². The van der Waals surface area contributed by atoms with E-state index in [4.69, 9.17) is 49.5 Å². The van der Waals surface area contributed by atoms with E-state index < -0.39 is 22.6 Å². The van der Waals surface area contributed by atoms with Gasteiger partial charge in [-0.05, 0) is 43.3 Å². The molecule has 0 spiro atoms. The Morgan fingerprint density at radius 3 is 1.65 bits per heavy atom. The Balaban J connectivity index is 0.000000253. The van der Waals surface area contributed by atoms with Crippen LogP contribution in [-0.4, -0.2) is 71.0 Å². The third kappa shape index (κ3) is 10.9. The van der Waals surface area contributed by atoms with Gasteiger partial charge in [-0.2, -0.15) is 33.1 Å². The van der Waals surface area contributed by atoms with Crippen LogP contribution in [0.3, 0.4) is 0 Å². The molecule has 55 heavy (non-hydrogen) atoms. The van der Waals surface area contributed by atoms with E-state index in [1.165, 1.54) is 77.0 Å². The maximum atomic E-state index is 12.6. The summed E-state index contributed by atoms with van der Waals surface area (Å²) in [5, 5.41) is 20.4. The van der Waals surface area contributed by atoms with Gasteiger partial charge < -0.3 is 43.0 Å². The smallest absolute Gasteiger partial charge is 0.416 e. The molecule has 5 aromatic rings. The number of benzene rings is 3. The van der Waals surface area contributed by atoms with Crippen LogP contribution in [0.1, 0.15) is 22.8 Å². The molecule has 0 radical (unpaired) electrons. The summed E-state index contributed by atoms with van der Waals surface area (Å²) < 4.78 is 79.8. The van der Waals surface area contributed by atoms with E-state index in [-0.39, 0.29) is 87.2 Å². The molecule has 0 atom stereocenters. The second-order valence-electron chi connectivity index (χ2n) is 10.2. The molecule has 0 amide bonds. The van der Waals surface area contributed by atoms with E-state index in [1.807, 2.05) is 0 Å². The Morgan fingerprint density at radius 1 is 0.745 bits per heavy atom. The summed E-state index contributed by atoms with van der Waals surface area (Å²) in [6.45, 7) is 1.86. The number of carbonyl (C=O) groups is 1. The first kappa shape index (κ1) is 40.9. The number of alkyl halides is 3. The number of aromatic nitrogens is 4. The van der Waals surface area contributed by atoms with Crippen LogP contribution in [0.25, 0.3) is 0 Å². The highest BCUT2D eigenvalue weighted by atomic mass is 35.5. The fourth-order valence-electron chi connectivity index (χ4n) is 4.23. The molecule has 2 aromatic heterocycles. The molecular weight excluding hydrogens is 763 g/mol. The zero-order valence-electron chi connectivity index (χ0n) is 29.2. The van der Waals surface area contributed by atoms with Crippen molar-refractivity contribution < 1.29 is 65.9 Å². The number of carboxylic acid groups (broad SMARTS) is 1. The summed E-state index contributed by atoms with van der Waals surface area (Å²) in [7, 11) is 5.63. The maximum absolute atomic E-state index is 12.6. The minimum absolute atomic E-state index is 0.0111. The van der Waals surface area contributed by atoms with Crippen molar-refractivity contribution in [3.05, 3.63) is 93.0 Å². The molecule has 21 heteroatoms. The average molecular weight is 792 g/mol. The summed E-state index contributed by atoms with van der Waals surface area (Å²) in [5.41, 5.74) is -1.46. The summed E-state index contributed by atoms with van der Waals surface area (Å²) in [6.07, 6.45) is -4.52. The van der Waals surface area contributed by atoms with Gasteiger partial charge in [-0.15, -0.1) is 0 Å². The fraction of sp³-hybridized carbons (Fsp3) is 0.206. The number of methoxy groups -OCH3 is 4. The number of rotatable bonds is 14. The Morgan fingerprint density at radius 2 is 1.25 bits per heavy atom. The van der Waals surface area contributed by atoms with Crippen molar-refractivity contribution in [3.63, 3.8) is 0 Å². The second kappa shape index (κ2) is 18.3. The summed E-state index contributed by atoms with van der Waals surface area (Å²) >= 11 is 5.80. The predicted molar refractivity (Wildman–Crippen MR) is 185 cm³/mol. The number of nitro benzene ring substituents is 1. The van der Waals surface area contributed by atoms with E-state index in [0.717, 1.165) is 18.2 Å². The molecule has 0 saturated carbocycles. The topological polar surface area (TPSA) is 206 Å². The number of halogens is 4. The van der Waals surface area contributed by atoms with Gasteiger partial charge in [-0.1, -0.05) is 17.7 Å². The first-order chi connectivity index (χ1) is 26.2. The van der Waals surface area contributed by atoms with Gasteiger partial charge in [0.2, 0.25) is 29.3 Å². The predicted octanol–water partition coefficient (Wildman–Crippen LogP) is 8.04. The van der Waals surface area contributed by atoms with E-state index in [9.17, 15) is 33.2 Å². The van der Waals surface area contributed by atoms with Crippen LogP contribution in [0.2, 0.25) is 5.02 Å². The lowest BCUT2D eigenvalue weighted by Gasteiger charge is -2.13. The Kier molecular flexibility index (Phi) is 13.6. The molecule has 1 N–H and O–H groups in total. The highest BCUT2D eigenvalue weighted by Crippen LogP contribution is 2.39. The molecule has 0 aliphatic rings. The third-order valence-electron chi connectivity index (χ3n) is 6.67. The van der Waals surface area contributed by atoms with Crippen molar-refractivity contribution in [1.29, 1.82) is 0 Å². The number of nitrogens with zero attached hydrogens (tertiary/aromatic N) is 5. The van der Waals surface area contributed by atoms with Crippen LogP contribution in [0.4, 0.5) is 18.9 Å². The van der Waals surface area contributed by atoms with Crippen LogP contribution < -0.4 is 37.9 Å². The van der Waals surface area contributed by atoms with Crippen molar-refractivity contribution in [3.8, 4) is 64.3 Å². The van der Waals surface area contributed by atoms with Gasteiger partial charge in [0, 0.05) is 12.1 Å². The quantitative estimate of drug-likeness (QED) is 0.0834. The normalized spacial score (nSPS) is 10.6. The zero-order chi connectivity index (χ0) is 40.3.